The van der Waals surface area contributed by atoms with Crippen molar-refractivity contribution in [2.45, 2.75) is 51.2 Å². The van der Waals surface area contributed by atoms with Crippen LogP contribution in [0.1, 0.15) is 44.7 Å². The molecule has 3 aromatic carbocycles. The zero-order chi connectivity index (χ0) is 28.9. The van der Waals surface area contributed by atoms with Crippen molar-refractivity contribution in [1.82, 2.24) is 9.97 Å². The molecule has 0 atom stereocenters. The highest BCUT2D eigenvalue weighted by atomic mass is 32.2. The van der Waals surface area contributed by atoms with Crippen LogP contribution in [0.5, 0.6) is 28.9 Å². The third-order valence-corrected chi connectivity index (χ3v) is 7.06. The van der Waals surface area contributed by atoms with Gasteiger partial charge in [0.25, 0.3) is 0 Å². The second-order valence-electron chi connectivity index (χ2n) is 9.95. The van der Waals surface area contributed by atoms with Crippen LogP contribution in [0.15, 0.2) is 77.8 Å². The van der Waals surface area contributed by atoms with E-state index in [0.29, 0.717) is 41.1 Å². The molecule has 0 N–H and O–H groups in total. The maximum Gasteiger partial charge on any atom is 0.220 e. The minimum Gasteiger partial charge on any atom is -0.497 e. The van der Waals surface area contributed by atoms with Crippen molar-refractivity contribution >= 4 is 9.84 Å². The van der Waals surface area contributed by atoms with Crippen LogP contribution < -0.4 is 18.9 Å². The molecule has 4 aromatic rings. The van der Waals surface area contributed by atoms with E-state index >= 15 is 0 Å². The summed E-state index contributed by atoms with van der Waals surface area (Å²) < 4.78 is 47.1. The molecule has 0 bridgehead atoms. The lowest BCUT2D eigenvalue weighted by Gasteiger charge is -2.16. The lowest BCUT2D eigenvalue weighted by atomic mass is 10.1. The van der Waals surface area contributed by atoms with Crippen LogP contribution in [0.3, 0.4) is 0 Å². The van der Waals surface area contributed by atoms with E-state index in [-0.39, 0.29) is 16.9 Å². The molecule has 0 unspecified atom stereocenters. The van der Waals surface area contributed by atoms with Crippen LogP contribution in [0, 0.1) is 0 Å². The Balaban J connectivity index is 1.66. The highest BCUT2D eigenvalue weighted by molar-refractivity contribution is 7.90. The smallest absolute Gasteiger partial charge is 0.220 e. The van der Waals surface area contributed by atoms with Crippen LogP contribution in [0.4, 0.5) is 0 Å². The molecule has 8 nitrogen and oxygen atoms in total. The molecule has 0 fully saturated rings. The summed E-state index contributed by atoms with van der Waals surface area (Å²) in [5.74, 6) is 3.48. The molecule has 0 saturated heterocycles. The molecular weight excluding hydrogens is 528 g/mol. The minimum absolute atomic E-state index is 0.0650. The Labute approximate surface area is 235 Å². The average molecular weight is 563 g/mol. The molecule has 0 radical (unpaired) electrons. The van der Waals surface area contributed by atoms with E-state index in [9.17, 15) is 8.42 Å². The summed E-state index contributed by atoms with van der Waals surface area (Å²) >= 11 is 0. The molecule has 40 heavy (non-hydrogen) atoms. The molecule has 0 aliphatic carbocycles. The summed E-state index contributed by atoms with van der Waals surface area (Å²) in [5.41, 5.74) is 2.57. The number of hydrogen-bond acceptors (Lipinski definition) is 8. The summed E-state index contributed by atoms with van der Waals surface area (Å²) in [6.07, 6.45) is 2.89. The number of ether oxygens (including phenoxy) is 4. The largest absolute Gasteiger partial charge is 0.497 e. The van der Waals surface area contributed by atoms with Gasteiger partial charge in [-0.15, -0.1) is 0 Å². The second-order valence-corrected chi connectivity index (χ2v) is 12.0. The standard InChI is InChI=1S/C31H34N2O6S/c1-20(2)29-18-32-30(33-31(29)37-19-22-7-9-24(36-5)10-8-22)23-15-26(38-21(3)4)17-27(16-23)39-25-11-13-28(14-12-25)40(6,34)35/h7-18,20-21H,19H2,1-6H3. The zero-order valence-corrected chi connectivity index (χ0v) is 24.4. The normalized spacial score (nSPS) is 11.5. The molecule has 9 heteroatoms. The van der Waals surface area contributed by atoms with E-state index in [2.05, 4.69) is 18.8 Å². The van der Waals surface area contributed by atoms with Gasteiger partial charge >= 0.3 is 0 Å². The number of nitrogens with zero attached hydrogens (tertiary/aromatic N) is 2. The molecular formula is C31H34N2O6S. The van der Waals surface area contributed by atoms with Crippen LogP contribution >= 0.6 is 0 Å². The molecule has 210 valence electrons. The first-order valence-corrected chi connectivity index (χ1v) is 14.8. The Morgan fingerprint density at radius 1 is 0.825 bits per heavy atom. The highest BCUT2D eigenvalue weighted by Gasteiger charge is 2.16. The van der Waals surface area contributed by atoms with Gasteiger partial charge in [-0.25, -0.2) is 13.4 Å². The van der Waals surface area contributed by atoms with Crippen molar-refractivity contribution in [2.75, 3.05) is 13.4 Å². The van der Waals surface area contributed by atoms with E-state index in [0.717, 1.165) is 16.9 Å². The predicted molar refractivity (Wildman–Crippen MR) is 154 cm³/mol. The fourth-order valence-corrected chi connectivity index (χ4v) is 4.52. The molecule has 0 spiro atoms. The number of sulfone groups is 1. The van der Waals surface area contributed by atoms with Gasteiger partial charge in [-0.1, -0.05) is 26.0 Å². The minimum atomic E-state index is -3.30. The Morgan fingerprint density at radius 3 is 2.08 bits per heavy atom. The quantitative estimate of drug-likeness (QED) is 0.196. The van der Waals surface area contributed by atoms with E-state index in [1.165, 1.54) is 18.4 Å². The average Bonchev–Trinajstić information content (AvgIpc) is 2.91. The maximum absolute atomic E-state index is 11.8. The number of benzene rings is 3. The first-order valence-electron chi connectivity index (χ1n) is 12.9. The monoisotopic (exact) mass is 562 g/mol. The third-order valence-electron chi connectivity index (χ3n) is 5.93. The lowest BCUT2D eigenvalue weighted by molar-refractivity contribution is 0.241. The maximum atomic E-state index is 11.8. The van der Waals surface area contributed by atoms with Crippen molar-refractivity contribution in [3.05, 3.63) is 84.1 Å². The number of hydrogen-bond donors (Lipinski definition) is 0. The summed E-state index contributed by atoms with van der Waals surface area (Å²) in [6, 6.07) is 19.4. The fourth-order valence-electron chi connectivity index (χ4n) is 3.89. The van der Waals surface area contributed by atoms with Crippen molar-refractivity contribution in [3.63, 3.8) is 0 Å². The van der Waals surface area contributed by atoms with Crippen molar-refractivity contribution < 1.29 is 27.4 Å². The molecule has 1 heterocycles. The number of aromatic nitrogens is 2. The third kappa shape index (κ3) is 7.51. The van der Waals surface area contributed by atoms with Gasteiger partial charge in [0.15, 0.2) is 15.7 Å². The van der Waals surface area contributed by atoms with E-state index < -0.39 is 9.84 Å². The van der Waals surface area contributed by atoms with Crippen molar-refractivity contribution in [1.29, 1.82) is 0 Å². The number of methoxy groups -OCH3 is 1. The Kier molecular flexibility index (Phi) is 8.94. The first kappa shape index (κ1) is 28.9. The summed E-state index contributed by atoms with van der Waals surface area (Å²) in [6.45, 7) is 8.36. The Morgan fingerprint density at radius 2 is 1.48 bits per heavy atom. The fraction of sp³-hybridized carbons (Fsp3) is 0.290. The molecule has 0 aliphatic heterocycles. The summed E-state index contributed by atoms with van der Waals surface area (Å²) in [5, 5.41) is 0. The zero-order valence-electron chi connectivity index (χ0n) is 23.5. The van der Waals surface area contributed by atoms with Gasteiger partial charge in [0.05, 0.1) is 18.1 Å². The SMILES string of the molecule is COc1ccc(COc2nc(-c3cc(Oc4ccc(S(C)(=O)=O)cc4)cc(OC(C)C)c3)ncc2C(C)C)cc1. The first-order chi connectivity index (χ1) is 19.0. The van der Waals surface area contributed by atoms with Crippen LogP contribution in [0.2, 0.25) is 0 Å². The van der Waals surface area contributed by atoms with Gasteiger partial charge in [-0.3, -0.25) is 0 Å². The van der Waals surface area contributed by atoms with Crippen LogP contribution in [0.25, 0.3) is 11.4 Å². The lowest BCUT2D eigenvalue weighted by Crippen LogP contribution is -2.06. The van der Waals surface area contributed by atoms with Crippen molar-refractivity contribution in [3.8, 4) is 40.3 Å². The summed E-state index contributed by atoms with van der Waals surface area (Å²) in [4.78, 5) is 9.63. The number of rotatable bonds is 11. The van der Waals surface area contributed by atoms with Gasteiger partial charge < -0.3 is 18.9 Å². The Hall–Kier alpha value is -4.11. The second kappa shape index (κ2) is 12.4. The van der Waals surface area contributed by atoms with Gasteiger partial charge in [-0.2, -0.15) is 4.98 Å². The van der Waals surface area contributed by atoms with Gasteiger partial charge in [-0.05, 0) is 73.9 Å². The Bertz CT molecular complexity index is 1550. The topological polar surface area (TPSA) is 96.8 Å². The van der Waals surface area contributed by atoms with E-state index in [1.807, 2.05) is 50.2 Å². The van der Waals surface area contributed by atoms with E-state index in [4.69, 9.17) is 23.9 Å². The van der Waals surface area contributed by atoms with Gasteiger partial charge in [0.2, 0.25) is 5.88 Å². The van der Waals surface area contributed by atoms with E-state index in [1.54, 1.807) is 31.5 Å². The van der Waals surface area contributed by atoms with Gasteiger partial charge in [0.1, 0.15) is 29.6 Å². The molecule has 0 amide bonds. The molecule has 0 saturated carbocycles. The molecule has 0 aliphatic rings. The summed E-state index contributed by atoms with van der Waals surface area (Å²) in [7, 11) is -1.67. The molecule has 4 rings (SSSR count). The van der Waals surface area contributed by atoms with Crippen LogP contribution in [-0.2, 0) is 16.4 Å². The predicted octanol–water partition coefficient (Wildman–Crippen LogP) is 6.84. The van der Waals surface area contributed by atoms with Gasteiger partial charge in [0, 0.05) is 29.6 Å². The van der Waals surface area contributed by atoms with Crippen LogP contribution in [-0.4, -0.2) is 37.9 Å². The highest BCUT2D eigenvalue weighted by Crippen LogP contribution is 2.34. The van der Waals surface area contributed by atoms with Crippen molar-refractivity contribution in [2.24, 2.45) is 0 Å². The molecule has 1 aromatic heterocycles.